The summed E-state index contributed by atoms with van der Waals surface area (Å²) in [5, 5.41) is 3.35. The van der Waals surface area contributed by atoms with E-state index in [4.69, 9.17) is 11.6 Å². The van der Waals surface area contributed by atoms with Crippen molar-refractivity contribution in [1.29, 1.82) is 0 Å². The monoisotopic (exact) mass is 246 g/mol. The third-order valence-electron chi connectivity index (χ3n) is 2.71. The lowest BCUT2D eigenvalue weighted by Crippen LogP contribution is -2.47. The lowest BCUT2D eigenvalue weighted by molar-refractivity contribution is 0.181. The van der Waals surface area contributed by atoms with Crippen molar-refractivity contribution in [3.05, 3.63) is 21.3 Å². The minimum Gasteiger partial charge on any atom is -0.313 e. The first kappa shape index (κ1) is 13.0. The van der Waals surface area contributed by atoms with Crippen LogP contribution in [0.3, 0.4) is 0 Å². The van der Waals surface area contributed by atoms with E-state index < -0.39 is 0 Å². The summed E-state index contributed by atoms with van der Waals surface area (Å²) in [6.45, 7) is 4.40. The number of hydrogen-bond donors (Lipinski definition) is 1. The molecule has 4 heteroatoms. The Morgan fingerprint density at radius 2 is 2.00 bits per heavy atom. The van der Waals surface area contributed by atoms with Crippen LogP contribution in [0.2, 0.25) is 4.34 Å². The molecule has 0 saturated heterocycles. The maximum atomic E-state index is 5.98. The molecule has 0 radical (unpaired) electrons. The lowest BCUT2D eigenvalue weighted by atomic mass is 9.92. The van der Waals surface area contributed by atoms with Crippen LogP contribution in [0.5, 0.6) is 0 Å². The third kappa shape index (κ3) is 2.94. The van der Waals surface area contributed by atoms with Crippen LogP contribution in [0.25, 0.3) is 0 Å². The molecule has 1 aromatic rings. The number of halogens is 1. The van der Waals surface area contributed by atoms with Gasteiger partial charge in [-0.25, -0.2) is 0 Å². The Hall–Kier alpha value is -0.0900. The van der Waals surface area contributed by atoms with E-state index in [9.17, 15) is 0 Å². The molecular weight excluding hydrogens is 228 g/mol. The second kappa shape index (κ2) is 4.83. The zero-order valence-electron chi connectivity index (χ0n) is 9.97. The van der Waals surface area contributed by atoms with E-state index >= 15 is 0 Å². The lowest BCUT2D eigenvalue weighted by Gasteiger charge is -2.38. The predicted molar refractivity (Wildman–Crippen MR) is 68.9 cm³/mol. The molecule has 0 aromatic carbocycles. The number of nitrogens with zero attached hydrogens (tertiary/aromatic N) is 1. The summed E-state index contributed by atoms with van der Waals surface area (Å²) in [7, 11) is 6.18. The average Bonchev–Trinajstić information content (AvgIpc) is 2.51. The van der Waals surface area contributed by atoms with Crippen LogP contribution >= 0.6 is 22.9 Å². The van der Waals surface area contributed by atoms with Gasteiger partial charge in [-0.05, 0) is 47.1 Å². The van der Waals surface area contributed by atoms with E-state index in [1.807, 2.05) is 13.1 Å². The van der Waals surface area contributed by atoms with Crippen LogP contribution < -0.4 is 5.32 Å². The van der Waals surface area contributed by atoms with E-state index in [0.29, 0.717) is 6.04 Å². The molecule has 1 aromatic heterocycles. The van der Waals surface area contributed by atoms with Crippen LogP contribution in [-0.2, 0) is 0 Å². The summed E-state index contributed by atoms with van der Waals surface area (Å²) in [6, 6.07) is 4.40. The molecule has 0 bridgehead atoms. The molecule has 1 N–H and O–H groups in total. The summed E-state index contributed by atoms with van der Waals surface area (Å²) in [5.41, 5.74) is 0.0255. The van der Waals surface area contributed by atoms with E-state index in [1.165, 1.54) is 4.88 Å². The van der Waals surface area contributed by atoms with Gasteiger partial charge in [0.2, 0.25) is 0 Å². The average molecular weight is 247 g/mol. The molecule has 0 aliphatic rings. The fourth-order valence-electron chi connectivity index (χ4n) is 1.87. The number of likely N-dealkylation sites (N-methyl/N-ethyl adjacent to an activating group) is 2. The van der Waals surface area contributed by atoms with E-state index in [1.54, 1.807) is 11.3 Å². The molecule has 0 spiro atoms. The molecule has 1 unspecified atom stereocenters. The Kier molecular flexibility index (Phi) is 4.18. The van der Waals surface area contributed by atoms with E-state index in [2.05, 4.69) is 44.2 Å². The van der Waals surface area contributed by atoms with Gasteiger partial charge in [-0.3, -0.25) is 0 Å². The molecule has 0 saturated carbocycles. The van der Waals surface area contributed by atoms with Gasteiger partial charge in [0.15, 0.2) is 0 Å². The largest absolute Gasteiger partial charge is 0.313 e. The molecule has 1 heterocycles. The predicted octanol–water partition coefficient (Wildman–Crippen LogP) is 3.00. The van der Waals surface area contributed by atoms with Crippen molar-refractivity contribution >= 4 is 22.9 Å². The van der Waals surface area contributed by atoms with Gasteiger partial charge in [0.05, 0.1) is 10.4 Å². The summed E-state index contributed by atoms with van der Waals surface area (Å²) in [6.07, 6.45) is 0. The summed E-state index contributed by atoms with van der Waals surface area (Å²) >= 11 is 7.63. The zero-order chi connectivity index (χ0) is 11.6. The Bertz CT molecular complexity index is 320. The molecule has 1 rings (SSSR count). The van der Waals surface area contributed by atoms with Crippen LogP contribution in [-0.4, -0.2) is 31.6 Å². The van der Waals surface area contributed by atoms with E-state index in [-0.39, 0.29) is 5.54 Å². The fourth-order valence-corrected chi connectivity index (χ4v) is 3.31. The molecule has 2 nitrogen and oxygen atoms in total. The minimum atomic E-state index is 0.0255. The van der Waals surface area contributed by atoms with Crippen molar-refractivity contribution in [2.45, 2.75) is 25.4 Å². The van der Waals surface area contributed by atoms with Gasteiger partial charge in [0.1, 0.15) is 0 Å². The van der Waals surface area contributed by atoms with Crippen LogP contribution in [0.1, 0.15) is 24.8 Å². The molecule has 0 fully saturated rings. The quantitative estimate of drug-likeness (QED) is 0.879. The highest BCUT2D eigenvalue weighted by molar-refractivity contribution is 7.16. The summed E-state index contributed by atoms with van der Waals surface area (Å²) in [5.74, 6) is 0. The molecule has 0 amide bonds. The Morgan fingerprint density at radius 3 is 2.33 bits per heavy atom. The normalized spacial score (nSPS) is 14.6. The van der Waals surface area contributed by atoms with Crippen LogP contribution in [0, 0.1) is 0 Å². The number of thiophene rings is 1. The van der Waals surface area contributed by atoms with Crippen LogP contribution in [0.15, 0.2) is 12.1 Å². The molecule has 0 aliphatic heterocycles. The first-order valence-electron chi connectivity index (χ1n) is 4.99. The smallest absolute Gasteiger partial charge is 0.0931 e. The number of rotatable bonds is 4. The third-order valence-corrected chi connectivity index (χ3v) is 3.99. The van der Waals surface area contributed by atoms with Gasteiger partial charge >= 0.3 is 0 Å². The van der Waals surface area contributed by atoms with Crippen molar-refractivity contribution < 1.29 is 0 Å². The second-order valence-corrected chi connectivity index (χ2v) is 6.23. The van der Waals surface area contributed by atoms with Gasteiger partial charge in [0.25, 0.3) is 0 Å². The Morgan fingerprint density at radius 1 is 1.40 bits per heavy atom. The van der Waals surface area contributed by atoms with Gasteiger partial charge in [-0.1, -0.05) is 11.6 Å². The highest BCUT2D eigenvalue weighted by atomic mass is 35.5. The van der Waals surface area contributed by atoms with Crippen molar-refractivity contribution in [3.8, 4) is 0 Å². The first-order chi connectivity index (χ1) is 6.88. The van der Waals surface area contributed by atoms with Crippen molar-refractivity contribution in [2.75, 3.05) is 21.1 Å². The number of nitrogens with one attached hydrogen (secondary N) is 1. The maximum Gasteiger partial charge on any atom is 0.0931 e. The van der Waals surface area contributed by atoms with Gasteiger partial charge in [-0.15, -0.1) is 11.3 Å². The van der Waals surface area contributed by atoms with Crippen LogP contribution in [0.4, 0.5) is 0 Å². The van der Waals surface area contributed by atoms with Gasteiger partial charge < -0.3 is 10.2 Å². The topological polar surface area (TPSA) is 15.3 Å². The number of hydrogen-bond acceptors (Lipinski definition) is 3. The Balaban J connectivity index is 3.03. The molecule has 15 heavy (non-hydrogen) atoms. The zero-order valence-corrected chi connectivity index (χ0v) is 11.5. The minimum absolute atomic E-state index is 0.0255. The second-order valence-electron chi connectivity index (χ2n) is 4.48. The highest BCUT2D eigenvalue weighted by Crippen LogP contribution is 2.35. The standard InChI is InChI=1S/C11H19ClN2S/c1-11(2,13-3)10(14(4)5)8-6-7-9(12)15-8/h6-7,10,13H,1-5H3. The van der Waals surface area contributed by atoms with Crippen molar-refractivity contribution in [1.82, 2.24) is 10.2 Å². The molecule has 86 valence electrons. The molecule has 0 aliphatic carbocycles. The maximum absolute atomic E-state index is 5.98. The fraction of sp³-hybridized carbons (Fsp3) is 0.636. The molecule has 1 atom stereocenters. The Labute approximate surface area is 101 Å². The van der Waals surface area contributed by atoms with Gasteiger partial charge in [-0.2, -0.15) is 0 Å². The summed E-state index contributed by atoms with van der Waals surface area (Å²) in [4.78, 5) is 3.52. The SMILES string of the molecule is CNC(C)(C)C(c1ccc(Cl)s1)N(C)C. The summed E-state index contributed by atoms with van der Waals surface area (Å²) < 4.78 is 0.851. The highest BCUT2D eigenvalue weighted by Gasteiger charge is 2.31. The van der Waals surface area contributed by atoms with E-state index in [0.717, 1.165) is 4.34 Å². The molecular formula is C11H19ClN2S. The first-order valence-corrected chi connectivity index (χ1v) is 6.18. The van der Waals surface area contributed by atoms with Gasteiger partial charge in [0, 0.05) is 10.4 Å². The van der Waals surface area contributed by atoms with Crippen molar-refractivity contribution in [3.63, 3.8) is 0 Å². The van der Waals surface area contributed by atoms with Crippen molar-refractivity contribution in [2.24, 2.45) is 0 Å².